The molecule has 0 aromatic heterocycles. The fraction of sp³-hybridized carbons (Fsp3) is 0.522. The van der Waals surface area contributed by atoms with Crippen molar-refractivity contribution in [2.45, 2.75) is 65.2 Å². The zero-order valence-electron chi connectivity index (χ0n) is 16.1. The van der Waals surface area contributed by atoms with E-state index in [1.807, 2.05) is 18.2 Å². The lowest BCUT2D eigenvalue weighted by Crippen LogP contribution is -2.37. The highest BCUT2D eigenvalue weighted by Gasteiger charge is 2.42. The lowest BCUT2D eigenvalue weighted by molar-refractivity contribution is -0.148. The van der Waals surface area contributed by atoms with Crippen LogP contribution < -0.4 is 0 Å². The largest absolute Gasteiger partial charge is 0.481 e. The van der Waals surface area contributed by atoms with Crippen molar-refractivity contribution in [3.05, 3.63) is 59.7 Å². The van der Waals surface area contributed by atoms with Gasteiger partial charge >= 0.3 is 5.97 Å². The highest BCUT2D eigenvalue weighted by atomic mass is 16.4. The van der Waals surface area contributed by atoms with Crippen LogP contribution in [-0.4, -0.2) is 11.1 Å². The molecule has 136 valence electrons. The molecule has 2 heteroatoms. The Labute approximate surface area is 152 Å². The smallest absolute Gasteiger partial charge is 0.314 e. The van der Waals surface area contributed by atoms with E-state index in [1.54, 1.807) is 0 Å². The van der Waals surface area contributed by atoms with Crippen molar-refractivity contribution in [3.8, 4) is 0 Å². The van der Waals surface area contributed by atoms with Crippen molar-refractivity contribution in [3.63, 3.8) is 0 Å². The molecule has 0 radical (unpaired) electrons. The predicted octanol–water partition coefficient (Wildman–Crippen LogP) is 5.92. The lowest BCUT2D eigenvalue weighted by atomic mass is 9.67. The van der Waals surface area contributed by atoms with Gasteiger partial charge in [-0.05, 0) is 41.7 Å². The third-order valence-corrected chi connectivity index (χ3v) is 5.40. The minimum atomic E-state index is -0.749. The fourth-order valence-electron chi connectivity index (χ4n) is 3.93. The molecule has 0 fully saturated rings. The second-order valence-corrected chi connectivity index (χ2v) is 8.25. The molecule has 0 saturated carbocycles. The summed E-state index contributed by atoms with van der Waals surface area (Å²) in [7, 11) is 0. The van der Waals surface area contributed by atoms with Crippen LogP contribution in [0.4, 0.5) is 0 Å². The number of carboxylic acid groups (broad SMARTS) is 1. The third-order valence-electron chi connectivity index (χ3n) is 5.40. The number of benzene rings is 1. The Kier molecular flexibility index (Phi) is 6.26. The van der Waals surface area contributed by atoms with Gasteiger partial charge in [0.05, 0.1) is 5.41 Å². The van der Waals surface area contributed by atoms with Crippen molar-refractivity contribution in [2.24, 2.45) is 11.3 Å². The van der Waals surface area contributed by atoms with Crippen molar-refractivity contribution in [2.75, 3.05) is 0 Å². The topological polar surface area (TPSA) is 37.3 Å². The third kappa shape index (κ3) is 4.42. The Balaban J connectivity index is 2.22. The lowest BCUT2D eigenvalue weighted by Gasteiger charge is -2.35. The maximum atomic E-state index is 12.1. The number of aryl methyl sites for hydroxylation is 1. The van der Waals surface area contributed by atoms with Crippen molar-refractivity contribution < 1.29 is 9.90 Å². The summed E-state index contributed by atoms with van der Waals surface area (Å²) in [6.07, 6.45) is 12.4. The average molecular weight is 341 g/mol. The second-order valence-electron chi connectivity index (χ2n) is 8.25. The number of carbonyl (C=O) groups is 1. The summed E-state index contributed by atoms with van der Waals surface area (Å²) >= 11 is 0. The highest BCUT2D eigenvalue weighted by Crippen LogP contribution is 2.42. The Morgan fingerprint density at radius 2 is 1.92 bits per heavy atom. The summed E-state index contributed by atoms with van der Waals surface area (Å²) < 4.78 is 0. The Morgan fingerprint density at radius 3 is 2.56 bits per heavy atom. The van der Waals surface area contributed by atoms with Crippen LogP contribution >= 0.6 is 0 Å². The monoisotopic (exact) mass is 340 g/mol. The van der Waals surface area contributed by atoms with E-state index < -0.39 is 11.4 Å². The molecule has 1 N–H and O–H groups in total. The van der Waals surface area contributed by atoms with Gasteiger partial charge in [0.1, 0.15) is 0 Å². The first-order valence-electron chi connectivity index (χ1n) is 9.49. The quantitative estimate of drug-likeness (QED) is 0.669. The van der Waals surface area contributed by atoms with Crippen molar-refractivity contribution >= 4 is 5.97 Å². The SMILES string of the molecule is CCCCC1(C(=O)O)C=CC=CC1CCc1ccccc1C(C)(C)C. The van der Waals surface area contributed by atoms with Gasteiger partial charge in [0.25, 0.3) is 0 Å². The molecule has 2 rings (SSSR count). The molecule has 0 spiro atoms. The first kappa shape index (κ1) is 19.5. The van der Waals surface area contributed by atoms with E-state index in [9.17, 15) is 9.90 Å². The molecule has 0 saturated heterocycles. The molecule has 0 aliphatic heterocycles. The zero-order chi connectivity index (χ0) is 18.5. The van der Waals surface area contributed by atoms with Gasteiger partial charge in [0.2, 0.25) is 0 Å². The minimum absolute atomic E-state index is 0.0505. The second kappa shape index (κ2) is 8.03. The maximum absolute atomic E-state index is 12.1. The van der Waals surface area contributed by atoms with Crippen LogP contribution in [0.2, 0.25) is 0 Å². The number of hydrogen-bond donors (Lipinski definition) is 1. The minimum Gasteiger partial charge on any atom is -0.481 e. The molecule has 0 bridgehead atoms. The molecule has 0 amide bonds. The van der Waals surface area contributed by atoms with E-state index in [2.05, 4.69) is 58.0 Å². The van der Waals surface area contributed by atoms with E-state index in [0.29, 0.717) is 6.42 Å². The molecular weight excluding hydrogens is 308 g/mol. The van der Waals surface area contributed by atoms with E-state index in [4.69, 9.17) is 0 Å². The molecule has 1 aliphatic carbocycles. The van der Waals surface area contributed by atoms with Gasteiger partial charge in [0, 0.05) is 0 Å². The van der Waals surface area contributed by atoms with Crippen LogP contribution in [0.15, 0.2) is 48.6 Å². The number of hydrogen-bond acceptors (Lipinski definition) is 1. The number of allylic oxidation sites excluding steroid dienone is 3. The summed E-state index contributed by atoms with van der Waals surface area (Å²) in [5, 5.41) is 9.98. The average Bonchev–Trinajstić information content (AvgIpc) is 2.58. The van der Waals surface area contributed by atoms with Crippen LogP contribution in [0.25, 0.3) is 0 Å². The van der Waals surface area contributed by atoms with Gasteiger partial charge in [-0.15, -0.1) is 0 Å². The van der Waals surface area contributed by atoms with Crippen LogP contribution in [0.1, 0.15) is 64.5 Å². The number of unbranched alkanes of at least 4 members (excludes halogenated alkanes) is 1. The molecule has 1 aliphatic rings. The maximum Gasteiger partial charge on any atom is 0.314 e. The summed E-state index contributed by atoms with van der Waals surface area (Å²) in [5.74, 6) is -0.634. The zero-order valence-corrected chi connectivity index (χ0v) is 16.1. The van der Waals surface area contributed by atoms with Crippen molar-refractivity contribution in [1.29, 1.82) is 0 Å². The van der Waals surface area contributed by atoms with Crippen LogP contribution in [0, 0.1) is 11.3 Å². The van der Waals surface area contributed by atoms with E-state index >= 15 is 0 Å². The summed E-state index contributed by atoms with van der Waals surface area (Å²) in [5.41, 5.74) is 2.06. The highest BCUT2D eigenvalue weighted by molar-refractivity contribution is 5.78. The van der Waals surface area contributed by atoms with Gasteiger partial charge in [-0.25, -0.2) is 0 Å². The van der Waals surface area contributed by atoms with E-state index in [1.165, 1.54) is 11.1 Å². The molecule has 1 aromatic rings. The number of rotatable bonds is 7. The normalized spacial score (nSPS) is 23.0. The molecule has 2 unspecified atom stereocenters. The van der Waals surface area contributed by atoms with Crippen LogP contribution in [-0.2, 0) is 16.6 Å². The standard InChI is InChI=1S/C23H32O2/c1-5-6-16-23(21(24)25)17-10-9-12-19(23)15-14-18-11-7-8-13-20(18)22(2,3)4/h7-13,17,19H,5-6,14-16H2,1-4H3,(H,24,25). The van der Waals surface area contributed by atoms with E-state index in [-0.39, 0.29) is 11.3 Å². The Hall–Kier alpha value is -1.83. The number of aliphatic carboxylic acids is 1. The Bertz CT molecular complexity index is 648. The molecular formula is C23H32O2. The summed E-state index contributed by atoms with van der Waals surface area (Å²) in [4.78, 5) is 12.1. The molecule has 2 atom stereocenters. The van der Waals surface area contributed by atoms with Gasteiger partial charge in [-0.3, -0.25) is 4.79 Å². The summed E-state index contributed by atoms with van der Waals surface area (Å²) in [6, 6.07) is 8.57. The van der Waals surface area contributed by atoms with Crippen LogP contribution in [0.3, 0.4) is 0 Å². The van der Waals surface area contributed by atoms with Crippen LogP contribution in [0.5, 0.6) is 0 Å². The van der Waals surface area contributed by atoms with Gasteiger partial charge in [0.15, 0.2) is 0 Å². The molecule has 1 aromatic carbocycles. The predicted molar refractivity (Wildman–Crippen MR) is 105 cm³/mol. The van der Waals surface area contributed by atoms with Gasteiger partial charge in [-0.2, -0.15) is 0 Å². The first-order chi connectivity index (χ1) is 11.8. The molecule has 2 nitrogen and oxygen atoms in total. The Morgan fingerprint density at radius 1 is 1.20 bits per heavy atom. The molecule has 25 heavy (non-hydrogen) atoms. The molecule has 0 heterocycles. The van der Waals surface area contributed by atoms with Gasteiger partial charge < -0.3 is 5.11 Å². The number of carboxylic acids is 1. The summed E-state index contributed by atoms with van der Waals surface area (Å²) in [6.45, 7) is 8.82. The van der Waals surface area contributed by atoms with Gasteiger partial charge in [-0.1, -0.05) is 89.1 Å². The van der Waals surface area contributed by atoms with E-state index in [0.717, 1.165) is 25.7 Å². The first-order valence-corrected chi connectivity index (χ1v) is 9.49. The van der Waals surface area contributed by atoms with Crippen molar-refractivity contribution in [1.82, 2.24) is 0 Å². The fourth-order valence-corrected chi connectivity index (χ4v) is 3.93.